The zero-order chi connectivity index (χ0) is 19.4. The third-order valence-corrected chi connectivity index (χ3v) is 4.93. The van der Waals surface area contributed by atoms with Crippen molar-refractivity contribution in [3.63, 3.8) is 0 Å². The van der Waals surface area contributed by atoms with E-state index in [9.17, 15) is 4.79 Å². The Labute approximate surface area is 170 Å². The van der Waals surface area contributed by atoms with E-state index in [1.807, 2.05) is 67.8 Å². The molecule has 3 aromatic rings. The Morgan fingerprint density at radius 2 is 1.93 bits per heavy atom. The minimum Gasteiger partial charge on any atom is -0.446 e. The number of amides is 1. The SMILES string of the molecule is CC(C)(C)NC(=O)CSc1nnc(-c2ccc(Br)o2)n1Cc1ccccc1. The smallest absolute Gasteiger partial charge is 0.230 e. The van der Waals surface area contributed by atoms with Gasteiger partial charge in [0.25, 0.3) is 0 Å². The predicted molar refractivity (Wildman–Crippen MR) is 110 cm³/mol. The van der Waals surface area contributed by atoms with Gasteiger partial charge in [-0.05, 0) is 54.4 Å². The highest BCUT2D eigenvalue weighted by atomic mass is 79.9. The molecule has 2 heterocycles. The molecule has 0 saturated heterocycles. The molecule has 1 amide bonds. The summed E-state index contributed by atoms with van der Waals surface area (Å²) in [6, 6.07) is 13.7. The molecule has 0 saturated carbocycles. The van der Waals surface area contributed by atoms with Gasteiger partial charge in [0.15, 0.2) is 15.6 Å². The molecule has 3 rings (SSSR count). The lowest BCUT2D eigenvalue weighted by Gasteiger charge is -2.20. The van der Waals surface area contributed by atoms with Crippen LogP contribution in [0, 0.1) is 0 Å². The summed E-state index contributed by atoms with van der Waals surface area (Å²) < 4.78 is 8.26. The lowest BCUT2D eigenvalue weighted by Crippen LogP contribution is -2.41. The minimum atomic E-state index is -0.263. The van der Waals surface area contributed by atoms with Gasteiger partial charge < -0.3 is 9.73 Å². The van der Waals surface area contributed by atoms with E-state index < -0.39 is 0 Å². The predicted octanol–water partition coefficient (Wildman–Crippen LogP) is 4.36. The number of furan rings is 1. The fourth-order valence-corrected chi connectivity index (χ4v) is 3.55. The Kier molecular flexibility index (Phi) is 6.06. The number of benzene rings is 1. The van der Waals surface area contributed by atoms with Crippen molar-refractivity contribution in [1.29, 1.82) is 0 Å². The zero-order valence-electron chi connectivity index (χ0n) is 15.4. The summed E-state index contributed by atoms with van der Waals surface area (Å²) in [6.45, 7) is 6.46. The number of nitrogens with one attached hydrogen (secondary N) is 1. The molecule has 2 aromatic heterocycles. The van der Waals surface area contributed by atoms with Crippen LogP contribution >= 0.6 is 27.7 Å². The van der Waals surface area contributed by atoms with Crippen molar-refractivity contribution >= 4 is 33.6 Å². The van der Waals surface area contributed by atoms with Crippen molar-refractivity contribution in [3.8, 4) is 11.6 Å². The van der Waals surface area contributed by atoms with Crippen molar-refractivity contribution in [2.75, 3.05) is 5.75 Å². The van der Waals surface area contributed by atoms with E-state index in [1.165, 1.54) is 11.8 Å². The normalized spacial score (nSPS) is 11.6. The first kappa shape index (κ1) is 19.7. The van der Waals surface area contributed by atoms with E-state index >= 15 is 0 Å². The van der Waals surface area contributed by atoms with E-state index in [-0.39, 0.29) is 17.2 Å². The molecule has 8 heteroatoms. The second kappa shape index (κ2) is 8.31. The first-order valence-electron chi connectivity index (χ1n) is 8.48. The maximum absolute atomic E-state index is 12.2. The number of nitrogens with zero attached hydrogens (tertiary/aromatic N) is 3. The maximum atomic E-state index is 12.2. The Morgan fingerprint density at radius 1 is 1.19 bits per heavy atom. The number of hydrogen-bond acceptors (Lipinski definition) is 5. The third-order valence-electron chi connectivity index (χ3n) is 3.54. The van der Waals surface area contributed by atoms with Crippen LogP contribution in [-0.4, -0.2) is 32.0 Å². The first-order chi connectivity index (χ1) is 12.8. The van der Waals surface area contributed by atoms with Gasteiger partial charge in [-0.3, -0.25) is 9.36 Å². The number of carbonyl (C=O) groups excluding carboxylic acids is 1. The van der Waals surface area contributed by atoms with Crippen LogP contribution in [0.5, 0.6) is 0 Å². The standard InChI is InChI=1S/C19H21BrN4O2S/c1-19(2,3)21-16(25)12-27-18-23-22-17(14-9-10-15(20)26-14)24(18)11-13-7-5-4-6-8-13/h4-10H,11-12H2,1-3H3,(H,21,25). The van der Waals surface area contributed by atoms with Crippen LogP contribution in [0.15, 0.2) is 56.7 Å². The van der Waals surface area contributed by atoms with Gasteiger partial charge in [-0.25, -0.2) is 0 Å². The molecule has 27 heavy (non-hydrogen) atoms. The van der Waals surface area contributed by atoms with E-state index in [1.54, 1.807) is 0 Å². The quantitative estimate of drug-likeness (QED) is 0.567. The molecule has 0 atom stereocenters. The molecule has 1 aromatic carbocycles. The summed E-state index contributed by atoms with van der Waals surface area (Å²) in [7, 11) is 0. The molecule has 0 fully saturated rings. The van der Waals surface area contributed by atoms with E-state index in [4.69, 9.17) is 4.42 Å². The molecule has 0 bridgehead atoms. The molecule has 0 aliphatic heterocycles. The van der Waals surface area contributed by atoms with Gasteiger partial charge in [0.05, 0.1) is 12.3 Å². The molecule has 0 aliphatic rings. The van der Waals surface area contributed by atoms with Gasteiger partial charge in [-0.2, -0.15) is 0 Å². The van der Waals surface area contributed by atoms with Crippen molar-refractivity contribution in [2.24, 2.45) is 0 Å². The van der Waals surface area contributed by atoms with E-state index in [0.29, 0.717) is 28.0 Å². The van der Waals surface area contributed by atoms with Gasteiger partial charge in [-0.15, -0.1) is 10.2 Å². The van der Waals surface area contributed by atoms with Gasteiger partial charge in [0.2, 0.25) is 11.7 Å². The van der Waals surface area contributed by atoms with Gasteiger partial charge in [0, 0.05) is 5.54 Å². The fourth-order valence-electron chi connectivity index (χ4n) is 2.51. The number of carbonyl (C=O) groups is 1. The van der Waals surface area contributed by atoms with Crippen molar-refractivity contribution < 1.29 is 9.21 Å². The van der Waals surface area contributed by atoms with E-state index in [0.717, 1.165) is 5.56 Å². The van der Waals surface area contributed by atoms with Crippen LogP contribution in [-0.2, 0) is 11.3 Å². The first-order valence-corrected chi connectivity index (χ1v) is 10.3. The van der Waals surface area contributed by atoms with Crippen LogP contribution in [0.4, 0.5) is 0 Å². The third kappa shape index (κ3) is 5.46. The highest BCUT2D eigenvalue weighted by Gasteiger charge is 2.20. The van der Waals surface area contributed by atoms with Crippen molar-refractivity contribution in [1.82, 2.24) is 20.1 Å². The number of aromatic nitrogens is 3. The summed E-state index contributed by atoms with van der Waals surface area (Å²) in [5.41, 5.74) is 0.853. The molecular weight excluding hydrogens is 428 g/mol. The monoisotopic (exact) mass is 448 g/mol. The van der Waals surface area contributed by atoms with Crippen LogP contribution in [0.2, 0.25) is 0 Å². The van der Waals surface area contributed by atoms with E-state index in [2.05, 4.69) is 31.4 Å². The second-order valence-electron chi connectivity index (χ2n) is 7.07. The van der Waals surface area contributed by atoms with Gasteiger partial charge >= 0.3 is 0 Å². The summed E-state index contributed by atoms with van der Waals surface area (Å²) in [6.07, 6.45) is 0. The average Bonchev–Trinajstić information content (AvgIpc) is 3.18. The summed E-state index contributed by atoms with van der Waals surface area (Å²) >= 11 is 4.68. The highest BCUT2D eigenvalue weighted by Crippen LogP contribution is 2.28. The Morgan fingerprint density at radius 3 is 2.56 bits per heavy atom. The van der Waals surface area contributed by atoms with Gasteiger partial charge in [-0.1, -0.05) is 42.1 Å². The van der Waals surface area contributed by atoms with Crippen molar-refractivity contribution in [3.05, 3.63) is 52.7 Å². The molecule has 0 radical (unpaired) electrons. The molecule has 0 spiro atoms. The fraction of sp³-hybridized carbons (Fsp3) is 0.316. The zero-order valence-corrected chi connectivity index (χ0v) is 17.8. The molecule has 0 aliphatic carbocycles. The molecule has 1 N–H and O–H groups in total. The van der Waals surface area contributed by atoms with Crippen molar-refractivity contribution in [2.45, 2.75) is 38.0 Å². The number of hydrogen-bond donors (Lipinski definition) is 1. The van der Waals surface area contributed by atoms with Gasteiger partial charge in [0.1, 0.15) is 0 Å². The lowest BCUT2D eigenvalue weighted by molar-refractivity contribution is -0.119. The Hall–Kier alpha value is -2.06. The number of halogens is 1. The Balaban J connectivity index is 1.85. The summed E-state index contributed by atoms with van der Waals surface area (Å²) in [4.78, 5) is 12.2. The summed E-state index contributed by atoms with van der Waals surface area (Å²) in [5, 5.41) is 12.2. The summed E-state index contributed by atoms with van der Waals surface area (Å²) in [5.74, 6) is 1.48. The lowest BCUT2D eigenvalue weighted by atomic mass is 10.1. The van der Waals surface area contributed by atoms with Crippen LogP contribution in [0.3, 0.4) is 0 Å². The maximum Gasteiger partial charge on any atom is 0.230 e. The second-order valence-corrected chi connectivity index (χ2v) is 8.79. The molecular formula is C19H21BrN4O2S. The number of rotatable bonds is 6. The molecule has 6 nitrogen and oxygen atoms in total. The Bertz CT molecular complexity index is 915. The van der Waals surface area contributed by atoms with Crippen LogP contribution in [0.1, 0.15) is 26.3 Å². The van der Waals surface area contributed by atoms with Crippen LogP contribution < -0.4 is 5.32 Å². The average molecular weight is 449 g/mol. The largest absolute Gasteiger partial charge is 0.446 e. The topological polar surface area (TPSA) is 73.0 Å². The molecule has 0 unspecified atom stereocenters. The van der Waals surface area contributed by atoms with Crippen LogP contribution in [0.25, 0.3) is 11.6 Å². The number of thioether (sulfide) groups is 1. The highest BCUT2D eigenvalue weighted by molar-refractivity contribution is 9.10. The molecule has 142 valence electrons. The minimum absolute atomic E-state index is 0.0379.